The van der Waals surface area contributed by atoms with Crippen molar-refractivity contribution in [1.82, 2.24) is 20.1 Å². The molecule has 0 bridgehead atoms. The molecule has 0 spiro atoms. The monoisotopic (exact) mass is 409 g/mol. The van der Waals surface area contributed by atoms with Gasteiger partial charge in [0.2, 0.25) is 11.8 Å². The van der Waals surface area contributed by atoms with Crippen LogP contribution in [0.15, 0.2) is 28.7 Å². The van der Waals surface area contributed by atoms with E-state index >= 15 is 0 Å². The summed E-state index contributed by atoms with van der Waals surface area (Å²) in [7, 11) is 1.78. The molecule has 2 aromatic rings. The van der Waals surface area contributed by atoms with E-state index in [1.165, 1.54) is 0 Å². The minimum Gasteiger partial charge on any atom is -0.348 e. The molecular weight excluding hydrogens is 394 g/mol. The molecule has 1 fully saturated rings. The predicted molar refractivity (Wildman–Crippen MR) is 94.8 cm³/mol. The molecule has 1 atom stereocenters. The number of rotatable bonds is 4. The van der Waals surface area contributed by atoms with E-state index in [0.29, 0.717) is 17.1 Å². The van der Waals surface area contributed by atoms with Gasteiger partial charge in [-0.2, -0.15) is 5.10 Å². The number of anilines is 1. The summed E-state index contributed by atoms with van der Waals surface area (Å²) in [6.45, 7) is 0.633. The number of hydrogen-bond acceptors (Lipinski definition) is 4. The molecule has 0 radical (unpaired) electrons. The number of H-pyrrole nitrogens is 1. The zero-order valence-corrected chi connectivity index (χ0v) is 15.4. The molecule has 126 valence electrons. The van der Waals surface area contributed by atoms with E-state index in [9.17, 15) is 9.59 Å². The van der Waals surface area contributed by atoms with E-state index in [-0.39, 0.29) is 30.7 Å². The number of carbonyl (C=O) groups excluding carboxylic acids is 2. The Kier molecular flexibility index (Phi) is 4.81. The smallest absolute Gasteiger partial charge is 0.227 e. The summed E-state index contributed by atoms with van der Waals surface area (Å²) in [6, 6.07) is 7.48. The number of amides is 2. The fourth-order valence-corrected chi connectivity index (χ4v) is 3.28. The first-order chi connectivity index (χ1) is 11.5. The lowest BCUT2D eigenvalue weighted by Gasteiger charge is -2.18. The van der Waals surface area contributed by atoms with Crippen LogP contribution in [-0.2, 0) is 23.2 Å². The highest BCUT2D eigenvalue weighted by Crippen LogP contribution is 2.31. The first kappa shape index (κ1) is 16.8. The summed E-state index contributed by atoms with van der Waals surface area (Å²) in [4.78, 5) is 26.3. The van der Waals surface area contributed by atoms with Crippen LogP contribution >= 0.6 is 28.1 Å². The number of carbonyl (C=O) groups is 2. The highest BCUT2D eigenvalue weighted by molar-refractivity contribution is 9.10. The predicted octanol–water partition coefficient (Wildman–Crippen LogP) is 1.91. The van der Waals surface area contributed by atoms with Crippen LogP contribution in [0.2, 0.25) is 0 Å². The van der Waals surface area contributed by atoms with Gasteiger partial charge in [-0.1, -0.05) is 12.1 Å². The maximum atomic E-state index is 12.4. The first-order valence-electron chi connectivity index (χ1n) is 7.40. The van der Waals surface area contributed by atoms with Crippen LogP contribution in [0, 0.1) is 10.7 Å². The van der Waals surface area contributed by atoms with Crippen LogP contribution in [0.3, 0.4) is 0 Å². The van der Waals surface area contributed by atoms with Gasteiger partial charge in [0.15, 0.2) is 10.6 Å². The number of aromatic nitrogens is 3. The minimum atomic E-state index is -0.378. The highest BCUT2D eigenvalue weighted by atomic mass is 79.9. The number of nitrogens with one attached hydrogen (secondary N) is 2. The summed E-state index contributed by atoms with van der Waals surface area (Å²) in [5.41, 5.74) is 0.784. The maximum absolute atomic E-state index is 12.4. The molecular formula is C15H16BrN5O2S. The zero-order valence-electron chi connectivity index (χ0n) is 13.0. The van der Waals surface area contributed by atoms with Crippen molar-refractivity contribution >= 4 is 45.6 Å². The van der Waals surface area contributed by atoms with Crippen molar-refractivity contribution in [3.05, 3.63) is 39.3 Å². The Labute approximate surface area is 152 Å². The van der Waals surface area contributed by atoms with Gasteiger partial charge in [0.25, 0.3) is 0 Å². The van der Waals surface area contributed by atoms with E-state index in [2.05, 4.69) is 31.4 Å². The number of para-hydroxylation sites is 1. The minimum absolute atomic E-state index is 0.0554. The molecule has 2 heterocycles. The molecule has 0 aliphatic carbocycles. The van der Waals surface area contributed by atoms with Crippen molar-refractivity contribution in [3.63, 3.8) is 0 Å². The third kappa shape index (κ3) is 3.27. The second kappa shape index (κ2) is 6.86. The van der Waals surface area contributed by atoms with Crippen molar-refractivity contribution in [1.29, 1.82) is 0 Å². The Balaban J connectivity index is 1.65. The average molecular weight is 410 g/mol. The lowest BCUT2D eigenvalue weighted by Crippen LogP contribution is -2.33. The van der Waals surface area contributed by atoms with Crippen molar-refractivity contribution in [2.24, 2.45) is 13.0 Å². The number of benzene rings is 1. The molecule has 0 saturated carbocycles. The van der Waals surface area contributed by atoms with Gasteiger partial charge in [-0.15, -0.1) is 0 Å². The lowest BCUT2D eigenvalue weighted by molar-refractivity contribution is -0.126. The van der Waals surface area contributed by atoms with Crippen LogP contribution in [0.5, 0.6) is 0 Å². The first-order valence-corrected chi connectivity index (χ1v) is 8.60. The topological polar surface area (TPSA) is 83.0 Å². The largest absolute Gasteiger partial charge is 0.348 e. The number of nitrogens with zero attached hydrogens (tertiary/aromatic N) is 3. The molecule has 2 amide bonds. The van der Waals surface area contributed by atoms with Gasteiger partial charge in [-0.25, -0.2) is 0 Å². The molecule has 1 unspecified atom stereocenters. The Hall–Kier alpha value is -2.00. The number of hydrogen-bond donors (Lipinski definition) is 2. The van der Waals surface area contributed by atoms with E-state index in [1.54, 1.807) is 16.5 Å². The average Bonchev–Trinajstić information content (AvgIpc) is 3.10. The summed E-state index contributed by atoms with van der Waals surface area (Å²) in [5, 5.41) is 9.54. The molecule has 3 rings (SSSR count). The van der Waals surface area contributed by atoms with Crippen LogP contribution < -0.4 is 10.2 Å². The Morgan fingerprint density at radius 2 is 2.25 bits per heavy atom. The molecule has 7 nitrogen and oxygen atoms in total. The van der Waals surface area contributed by atoms with Crippen LogP contribution in [0.1, 0.15) is 12.2 Å². The molecule has 24 heavy (non-hydrogen) atoms. The van der Waals surface area contributed by atoms with Crippen LogP contribution in [-0.4, -0.2) is 33.1 Å². The van der Waals surface area contributed by atoms with E-state index in [0.717, 1.165) is 10.2 Å². The quantitative estimate of drug-likeness (QED) is 0.755. The normalized spacial score (nSPS) is 17.3. The summed E-state index contributed by atoms with van der Waals surface area (Å²) in [5.74, 6) is 0.0456. The zero-order chi connectivity index (χ0) is 17.3. The van der Waals surface area contributed by atoms with Gasteiger partial charge in [-0.05, 0) is 40.3 Å². The Bertz CT molecular complexity index is 846. The van der Waals surface area contributed by atoms with Crippen LogP contribution in [0.25, 0.3) is 0 Å². The molecule has 9 heteroatoms. The van der Waals surface area contributed by atoms with Gasteiger partial charge < -0.3 is 14.8 Å². The van der Waals surface area contributed by atoms with Gasteiger partial charge in [-0.3, -0.25) is 14.7 Å². The lowest BCUT2D eigenvalue weighted by atomic mass is 10.1. The van der Waals surface area contributed by atoms with Crippen molar-refractivity contribution in [2.45, 2.75) is 13.0 Å². The van der Waals surface area contributed by atoms with Gasteiger partial charge in [0, 0.05) is 24.5 Å². The van der Waals surface area contributed by atoms with E-state index < -0.39 is 0 Å². The van der Waals surface area contributed by atoms with Crippen LogP contribution in [0.4, 0.5) is 5.69 Å². The van der Waals surface area contributed by atoms with Gasteiger partial charge in [0.05, 0.1) is 18.2 Å². The van der Waals surface area contributed by atoms with Crippen molar-refractivity contribution in [2.75, 3.05) is 11.4 Å². The standard InChI is InChI=1S/C15H16BrN5O2S/c1-20-12(18-19-15(20)24)7-17-14(23)9-6-13(22)21(8-9)11-5-3-2-4-10(11)16/h2-5,9H,6-8H2,1H3,(H,17,23)(H,19,24). The third-order valence-corrected chi connectivity index (χ3v) is 5.07. The molecule has 1 saturated heterocycles. The second-order valence-electron chi connectivity index (χ2n) is 5.58. The fourth-order valence-electron chi connectivity index (χ4n) is 2.63. The second-order valence-corrected chi connectivity index (χ2v) is 6.82. The summed E-state index contributed by atoms with van der Waals surface area (Å²) < 4.78 is 3.03. The third-order valence-electron chi connectivity index (χ3n) is 4.03. The molecule has 1 aromatic heterocycles. The molecule has 2 N–H and O–H groups in total. The number of halogens is 1. The Morgan fingerprint density at radius 3 is 2.92 bits per heavy atom. The fraction of sp³-hybridized carbons (Fsp3) is 0.333. The summed E-state index contributed by atoms with van der Waals surface area (Å²) in [6.07, 6.45) is 0.201. The highest BCUT2D eigenvalue weighted by Gasteiger charge is 2.35. The van der Waals surface area contributed by atoms with Crippen molar-refractivity contribution < 1.29 is 9.59 Å². The van der Waals surface area contributed by atoms with Crippen molar-refractivity contribution in [3.8, 4) is 0 Å². The van der Waals surface area contributed by atoms with E-state index in [4.69, 9.17) is 12.2 Å². The van der Waals surface area contributed by atoms with Gasteiger partial charge >= 0.3 is 0 Å². The Morgan fingerprint density at radius 1 is 1.50 bits per heavy atom. The van der Waals surface area contributed by atoms with Gasteiger partial charge in [0.1, 0.15) is 0 Å². The molecule has 1 aliphatic rings. The van der Waals surface area contributed by atoms with E-state index in [1.807, 2.05) is 24.3 Å². The molecule has 1 aromatic carbocycles. The molecule has 1 aliphatic heterocycles. The summed E-state index contributed by atoms with van der Waals surface area (Å²) >= 11 is 8.48. The number of aromatic amines is 1. The SMILES string of the molecule is Cn1c(CNC(=O)C2CC(=O)N(c3ccccc3Br)C2)n[nH]c1=S. The maximum Gasteiger partial charge on any atom is 0.227 e.